The lowest BCUT2D eigenvalue weighted by Crippen LogP contribution is -2.41. The third-order valence-corrected chi connectivity index (χ3v) is 6.56. The van der Waals surface area contributed by atoms with Gasteiger partial charge in [-0.1, -0.05) is 29.8 Å². The predicted octanol–water partition coefficient (Wildman–Crippen LogP) is 4.09. The molecule has 2 heterocycles. The number of aromatic nitrogens is 2. The Labute approximate surface area is 180 Å². The smallest absolute Gasteiger partial charge is 0.227 e. The SMILES string of the molecule is C[C@H]1c2cccc([C@@](C)(O)CF)c2CCN1C(=O)Cc1c(Cl)ccc2c1cnn2C. The molecule has 1 amide bonds. The Hall–Kier alpha value is -2.44. The van der Waals surface area contributed by atoms with Crippen molar-refractivity contribution in [2.75, 3.05) is 13.2 Å². The molecule has 0 aliphatic carbocycles. The number of aliphatic hydroxyl groups is 1. The average molecular weight is 430 g/mol. The molecule has 0 radical (unpaired) electrons. The number of hydrogen-bond acceptors (Lipinski definition) is 3. The van der Waals surface area contributed by atoms with E-state index in [-0.39, 0.29) is 18.4 Å². The van der Waals surface area contributed by atoms with Gasteiger partial charge in [-0.2, -0.15) is 5.10 Å². The number of rotatable bonds is 4. The first-order valence-electron chi connectivity index (χ1n) is 10.0. The van der Waals surface area contributed by atoms with E-state index in [2.05, 4.69) is 5.10 Å². The van der Waals surface area contributed by atoms with Crippen LogP contribution in [-0.2, 0) is 30.3 Å². The van der Waals surface area contributed by atoms with Crippen LogP contribution in [0, 0.1) is 0 Å². The molecule has 7 heteroatoms. The number of alkyl halides is 1. The molecule has 30 heavy (non-hydrogen) atoms. The molecule has 0 saturated heterocycles. The van der Waals surface area contributed by atoms with Gasteiger partial charge in [-0.05, 0) is 54.7 Å². The van der Waals surface area contributed by atoms with Gasteiger partial charge in [0.05, 0.1) is 24.2 Å². The minimum absolute atomic E-state index is 0.0194. The van der Waals surface area contributed by atoms with E-state index < -0.39 is 12.3 Å². The Morgan fingerprint density at radius 3 is 2.87 bits per heavy atom. The van der Waals surface area contributed by atoms with E-state index >= 15 is 0 Å². The Bertz CT molecular complexity index is 1130. The van der Waals surface area contributed by atoms with Gasteiger partial charge >= 0.3 is 0 Å². The number of halogens is 2. The molecule has 3 aromatic rings. The Kier molecular flexibility index (Phi) is 5.32. The molecule has 4 rings (SSSR count). The number of carbonyl (C=O) groups excluding carboxylic acids is 1. The van der Waals surface area contributed by atoms with Crippen molar-refractivity contribution in [1.29, 1.82) is 0 Å². The molecule has 5 nitrogen and oxygen atoms in total. The quantitative estimate of drug-likeness (QED) is 0.679. The lowest BCUT2D eigenvalue weighted by Gasteiger charge is -2.38. The summed E-state index contributed by atoms with van der Waals surface area (Å²) in [5, 5.41) is 16.2. The molecule has 158 valence electrons. The summed E-state index contributed by atoms with van der Waals surface area (Å²) in [6.45, 7) is 3.11. The van der Waals surface area contributed by atoms with Gasteiger partial charge in [0.25, 0.3) is 0 Å². The van der Waals surface area contributed by atoms with Gasteiger partial charge in [-0.25, -0.2) is 4.39 Å². The van der Waals surface area contributed by atoms with Gasteiger partial charge in [0.2, 0.25) is 5.91 Å². The highest BCUT2D eigenvalue weighted by atomic mass is 35.5. The van der Waals surface area contributed by atoms with Crippen molar-refractivity contribution in [2.24, 2.45) is 7.05 Å². The number of benzene rings is 2. The normalized spacial score (nSPS) is 18.3. The van der Waals surface area contributed by atoms with Crippen molar-refractivity contribution in [1.82, 2.24) is 14.7 Å². The first kappa shape index (κ1) is 20.8. The molecule has 1 aromatic heterocycles. The van der Waals surface area contributed by atoms with E-state index in [0.717, 1.165) is 27.6 Å². The molecule has 2 aromatic carbocycles. The molecule has 1 aliphatic rings. The highest BCUT2D eigenvalue weighted by Gasteiger charge is 2.33. The summed E-state index contributed by atoms with van der Waals surface area (Å²) in [6.07, 6.45) is 2.50. The average Bonchev–Trinajstić information content (AvgIpc) is 3.11. The van der Waals surface area contributed by atoms with E-state index in [4.69, 9.17) is 11.6 Å². The van der Waals surface area contributed by atoms with Crippen LogP contribution in [0.15, 0.2) is 36.5 Å². The van der Waals surface area contributed by atoms with E-state index in [9.17, 15) is 14.3 Å². The van der Waals surface area contributed by atoms with Gasteiger partial charge in [0, 0.05) is 24.0 Å². The van der Waals surface area contributed by atoms with Gasteiger partial charge in [0.15, 0.2) is 0 Å². The predicted molar refractivity (Wildman–Crippen MR) is 115 cm³/mol. The topological polar surface area (TPSA) is 58.4 Å². The molecular weight excluding hydrogens is 405 g/mol. The van der Waals surface area contributed by atoms with Crippen molar-refractivity contribution < 1.29 is 14.3 Å². The summed E-state index contributed by atoms with van der Waals surface area (Å²) in [4.78, 5) is 15.1. The van der Waals surface area contributed by atoms with Crippen LogP contribution in [0.25, 0.3) is 10.9 Å². The lowest BCUT2D eigenvalue weighted by molar-refractivity contribution is -0.133. The largest absolute Gasteiger partial charge is 0.383 e. The van der Waals surface area contributed by atoms with Gasteiger partial charge in [-0.3, -0.25) is 9.48 Å². The molecule has 0 saturated carbocycles. The van der Waals surface area contributed by atoms with Gasteiger partial charge < -0.3 is 10.0 Å². The molecule has 0 bridgehead atoms. The number of amides is 1. The molecule has 2 atom stereocenters. The zero-order valence-corrected chi connectivity index (χ0v) is 18.1. The summed E-state index contributed by atoms with van der Waals surface area (Å²) >= 11 is 6.43. The fraction of sp³-hybridized carbons (Fsp3) is 0.391. The maximum atomic E-state index is 13.4. The van der Waals surface area contributed by atoms with Crippen molar-refractivity contribution in [3.05, 3.63) is 63.8 Å². The van der Waals surface area contributed by atoms with Gasteiger partial charge in [-0.15, -0.1) is 0 Å². The van der Waals surface area contributed by atoms with E-state index in [1.54, 1.807) is 23.0 Å². The van der Waals surface area contributed by atoms with E-state index in [0.29, 0.717) is 23.6 Å². The summed E-state index contributed by atoms with van der Waals surface area (Å²) < 4.78 is 15.2. The molecule has 0 fully saturated rings. The van der Waals surface area contributed by atoms with Crippen molar-refractivity contribution in [2.45, 2.75) is 38.3 Å². The van der Waals surface area contributed by atoms with Crippen molar-refractivity contribution in [3.8, 4) is 0 Å². The number of nitrogens with zero attached hydrogens (tertiary/aromatic N) is 3. The first-order valence-corrected chi connectivity index (χ1v) is 10.4. The zero-order valence-electron chi connectivity index (χ0n) is 17.3. The molecule has 1 aliphatic heterocycles. The molecule has 0 spiro atoms. The first-order chi connectivity index (χ1) is 14.2. The highest BCUT2D eigenvalue weighted by Crippen LogP contribution is 2.36. The van der Waals surface area contributed by atoms with Crippen LogP contribution in [0.3, 0.4) is 0 Å². The number of aryl methyl sites for hydroxylation is 1. The third-order valence-electron chi connectivity index (χ3n) is 6.21. The fourth-order valence-corrected chi connectivity index (χ4v) is 4.71. The second-order valence-corrected chi connectivity index (χ2v) is 8.60. The maximum absolute atomic E-state index is 13.4. The van der Waals surface area contributed by atoms with Crippen LogP contribution in [0.2, 0.25) is 5.02 Å². The Balaban J connectivity index is 1.64. The molecule has 1 N–H and O–H groups in total. The summed E-state index contributed by atoms with van der Waals surface area (Å²) in [7, 11) is 1.86. The Morgan fingerprint density at radius 1 is 1.37 bits per heavy atom. The monoisotopic (exact) mass is 429 g/mol. The van der Waals surface area contributed by atoms with E-state index in [1.807, 2.05) is 37.1 Å². The van der Waals surface area contributed by atoms with Crippen molar-refractivity contribution >= 4 is 28.4 Å². The number of hydrogen-bond donors (Lipinski definition) is 1. The van der Waals surface area contributed by atoms with Crippen LogP contribution in [0.4, 0.5) is 4.39 Å². The third kappa shape index (κ3) is 3.38. The van der Waals surface area contributed by atoms with Gasteiger partial charge in [0.1, 0.15) is 12.3 Å². The van der Waals surface area contributed by atoms with Crippen LogP contribution in [0.5, 0.6) is 0 Å². The maximum Gasteiger partial charge on any atom is 0.227 e. The van der Waals surface area contributed by atoms with Crippen LogP contribution in [-0.4, -0.2) is 38.9 Å². The minimum Gasteiger partial charge on any atom is -0.383 e. The molecule has 0 unspecified atom stereocenters. The number of carbonyl (C=O) groups is 1. The van der Waals surface area contributed by atoms with Crippen LogP contribution < -0.4 is 0 Å². The van der Waals surface area contributed by atoms with Crippen LogP contribution >= 0.6 is 11.6 Å². The zero-order chi connectivity index (χ0) is 21.6. The standard InChI is InChI=1S/C23H25ClFN3O2/c1-14-15-5-4-6-19(23(2,30)13-25)16(15)9-10-28(14)22(29)11-17-18-12-26-27(3)21(18)8-7-20(17)24/h4-8,12,14,30H,9-11,13H2,1-3H3/t14-,23-/m0/s1. The minimum atomic E-state index is -1.53. The summed E-state index contributed by atoms with van der Waals surface area (Å²) in [5.41, 5.74) is 2.66. The second kappa shape index (κ2) is 7.67. The molecular formula is C23H25ClFN3O2. The summed E-state index contributed by atoms with van der Waals surface area (Å²) in [5.74, 6) is -0.0194. The summed E-state index contributed by atoms with van der Waals surface area (Å²) in [6, 6.07) is 9.06. The van der Waals surface area contributed by atoms with E-state index in [1.165, 1.54) is 6.92 Å². The highest BCUT2D eigenvalue weighted by molar-refractivity contribution is 6.32. The lowest BCUT2D eigenvalue weighted by atomic mass is 9.83. The number of fused-ring (bicyclic) bond motifs is 2. The second-order valence-electron chi connectivity index (χ2n) is 8.20. The van der Waals surface area contributed by atoms with Crippen LogP contribution in [0.1, 0.15) is 42.1 Å². The fourth-order valence-electron chi connectivity index (χ4n) is 4.48. The Morgan fingerprint density at radius 2 is 2.13 bits per heavy atom. The van der Waals surface area contributed by atoms with Crippen molar-refractivity contribution in [3.63, 3.8) is 0 Å².